The zero-order valence-electron chi connectivity index (χ0n) is 12.4. The van der Waals surface area contributed by atoms with Crippen molar-refractivity contribution in [2.45, 2.75) is 45.3 Å². The summed E-state index contributed by atoms with van der Waals surface area (Å²) in [6.45, 7) is 6.08. The van der Waals surface area contributed by atoms with Gasteiger partial charge in [-0.05, 0) is 50.5 Å². The molecule has 0 fully saturated rings. The highest BCUT2D eigenvalue weighted by Gasteiger charge is 2.19. The molecule has 0 aliphatic carbocycles. The molecule has 0 radical (unpaired) electrons. The number of hydrogen-bond donors (Lipinski definition) is 0. The highest BCUT2D eigenvalue weighted by atomic mass is 28.4. The van der Waals surface area contributed by atoms with Crippen molar-refractivity contribution in [3.05, 3.63) is 29.8 Å². The molecular formula is C15H24O3Si. The van der Waals surface area contributed by atoms with Crippen LogP contribution in [0, 0.1) is 0 Å². The van der Waals surface area contributed by atoms with Crippen molar-refractivity contribution < 1.29 is 14.0 Å². The van der Waals surface area contributed by atoms with Gasteiger partial charge in [0.1, 0.15) is 5.75 Å². The molecule has 0 bridgehead atoms. The molecule has 19 heavy (non-hydrogen) atoms. The highest BCUT2D eigenvalue weighted by Crippen LogP contribution is 2.19. The van der Waals surface area contributed by atoms with Crippen LogP contribution < -0.4 is 4.74 Å². The first-order valence-electron chi connectivity index (χ1n) is 6.76. The second-order valence-corrected chi connectivity index (χ2v) is 10.0. The summed E-state index contributed by atoms with van der Waals surface area (Å²) in [5.41, 5.74) is 1.20. The van der Waals surface area contributed by atoms with Crippen molar-refractivity contribution in [2.75, 3.05) is 7.11 Å². The van der Waals surface area contributed by atoms with E-state index in [4.69, 9.17) is 9.16 Å². The summed E-state index contributed by atoms with van der Waals surface area (Å²) in [4.78, 5) is 11.6. The van der Waals surface area contributed by atoms with Crippen molar-refractivity contribution >= 4 is 14.3 Å². The lowest BCUT2D eigenvalue weighted by Crippen LogP contribution is -2.28. The smallest absolute Gasteiger partial charge is 0.292 e. The standard InChI is InChI=1S/C15H24O3Si/c1-17-14-11-7-5-9-13(14)10-6-8-12-15(16)18-19(2,3)4/h5,7,9,11H,6,8,10,12H2,1-4H3. The van der Waals surface area contributed by atoms with Gasteiger partial charge in [0.15, 0.2) is 0 Å². The molecule has 0 spiro atoms. The molecule has 1 rings (SSSR count). The number of carbonyl (C=O) groups is 1. The molecule has 1 aromatic carbocycles. The maximum Gasteiger partial charge on any atom is 0.292 e. The highest BCUT2D eigenvalue weighted by molar-refractivity contribution is 6.71. The number of rotatable bonds is 7. The normalized spacial score (nSPS) is 11.2. The lowest BCUT2D eigenvalue weighted by molar-refractivity contribution is -0.135. The monoisotopic (exact) mass is 280 g/mol. The molecule has 0 aliphatic rings. The van der Waals surface area contributed by atoms with Crippen LogP contribution >= 0.6 is 0 Å². The van der Waals surface area contributed by atoms with Crippen molar-refractivity contribution in [3.63, 3.8) is 0 Å². The van der Waals surface area contributed by atoms with E-state index in [1.165, 1.54) is 5.56 Å². The molecule has 3 nitrogen and oxygen atoms in total. The van der Waals surface area contributed by atoms with E-state index >= 15 is 0 Å². The average Bonchev–Trinajstić information content (AvgIpc) is 2.33. The molecular weight excluding hydrogens is 256 g/mol. The fourth-order valence-electron chi connectivity index (χ4n) is 1.89. The van der Waals surface area contributed by atoms with E-state index in [2.05, 4.69) is 6.07 Å². The van der Waals surface area contributed by atoms with Crippen LogP contribution in [0.15, 0.2) is 24.3 Å². The van der Waals surface area contributed by atoms with Crippen LogP contribution in [0.4, 0.5) is 0 Å². The summed E-state index contributed by atoms with van der Waals surface area (Å²) in [7, 11) is -0.0440. The molecule has 4 heteroatoms. The molecule has 0 aliphatic heterocycles. The third kappa shape index (κ3) is 6.43. The summed E-state index contributed by atoms with van der Waals surface area (Å²) in [6, 6.07) is 8.01. The van der Waals surface area contributed by atoms with Gasteiger partial charge in [0.2, 0.25) is 8.32 Å². The third-order valence-corrected chi connectivity index (χ3v) is 3.53. The Morgan fingerprint density at radius 2 is 1.84 bits per heavy atom. The largest absolute Gasteiger partial charge is 0.520 e. The number of benzene rings is 1. The molecule has 0 heterocycles. The van der Waals surface area contributed by atoms with Crippen molar-refractivity contribution in [2.24, 2.45) is 0 Å². The fourth-order valence-corrected chi connectivity index (χ4v) is 2.67. The van der Waals surface area contributed by atoms with Gasteiger partial charge < -0.3 is 9.16 Å². The predicted octanol–water partition coefficient (Wildman–Crippen LogP) is 3.79. The van der Waals surface area contributed by atoms with Crippen LogP contribution in [-0.2, 0) is 15.6 Å². The van der Waals surface area contributed by atoms with E-state index in [0.29, 0.717) is 6.42 Å². The maximum atomic E-state index is 11.6. The predicted molar refractivity (Wildman–Crippen MR) is 80.0 cm³/mol. The molecule has 106 valence electrons. The van der Waals surface area contributed by atoms with E-state index < -0.39 is 8.32 Å². The quantitative estimate of drug-likeness (QED) is 0.563. The Morgan fingerprint density at radius 3 is 2.47 bits per heavy atom. The van der Waals surface area contributed by atoms with Gasteiger partial charge in [0.25, 0.3) is 5.97 Å². The Kier molecular flexibility index (Phi) is 6.08. The van der Waals surface area contributed by atoms with E-state index in [-0.39, 0.29) is 5.97 Å². The minimum atomic E-state index is -1.73. The third-order valence-electron chi connectivity index (χ3n) is 2.69. The van der Waals surface area contributed by atoms with Crippen LogP contribution in [-0.4, -0.2) is 21.4 Å². The van der Waals surface area contributed by atoms with Crippen LogP contribution in [0.1, 0.15) is 24.8 Å². The number of methoxy groups -OCH3 is 1. The second-order valence-electron chi connectivity index (χ2n) is 5.61. The number of aryl methyl sites for hydroxylation is 1. The fraction of sp³-hybridized carbons (Fsp3) is 0.533. The van der Waals surface area contributed by atoms with Crippen LogP contribution in [0.2, 0.25) is 19.6 Å². The summed E-state index contributed by atoms with van der Waals surface area (Å²) < 4.78 is 10.7. The molecule has 1 aromatic rings. The Bertz CT molecular complexity index is 410. The molecule has 0 saturated carbocycles. The number of hydrogen-bond acceptors (Lipinski definition) is 3. The maximum absolute atomic E-state index is 11.6. The van der Waals surface area contributed by atoms with Gasteiger partial charge in [-0.1, -0.05) is 18.2 Å². The van der Waals surface area contributed by atoms with Crippen LogP contribution in [0.3, 0.4) is 0 Å². The van der Waals surface area contributed by atoms with Gasteiger partial charge in [-0.3, -0.25) is 4.79 Å². The summed E-state index contributed by atoms with van der Waals surface area (Å²) in [5.74, 6) is 0.867. The first-order valence-corrected chi connectivity index (χ1v) is 10.2. The van der Waals surface area contributed by atoms with Crippen molar-refractivity contribution in [1.82, 2.24) is 0 Å². The van der Waals surface area contributed by atoms with Crippen molar-refractivity contribution in [1.29, 1.82) is 0 Å². The lowest BCUT2D eigenvalue weighted by Gasteiger charge is -2.17. The minimum absolute atomic E-state index is 0.0563. The molecule has 0 unspecified atom stereocenters. The van der Waals surface area contributed by atoms with Gasteiger partial charge in [-0.25, -0.2) is 0 Å². The Labute approximate surface area is 117 Å². The Hall–Kier alpha value is -1.29. The SMILES string of the molecule is COc1ccccc1CCCCC(=O)O[Si](C)(C)C. The molecule has 0 aromatic heterocycles. The van der Waals surface area contributed by atoms with Gasteiger partial charge in [0.05, 0.1) is 7.11 Å². The number of ether oxygens (including phenoxy) is 1. The summed E-state index contributed by atoms with van der Waals surface area (Å²) >= 11 is 0. The van der Waals surface area contributed by atoms with E-state index in [0.717, 1.165) is 25.0 Å². The Balaban J connectivity index is 2.29. The second kappa shape index (κ2) is 7.33. The zero-order valence-corrected chi connectivity index (χ0v) is 13.4. The van der Waals surface area contributed by atoms with E-state index in [1.807, 2.05) is 37.8 Å². The average molecular weight is 280 g/mol. The van der Waals surface area contributed by atoms with Gasteiger partial charge >= 0.3 is 0 Å². The first-order chi connectivity index (χ1) is 8.92. The van der Waals surface area contributed by atoms with Gasteiger partial charge in [0, 0.05) is 6.42 Å². The number of carbonyl (C=O) groups excluding carboxylic acids is 1. The number of para-hydroxylation sites is 1. The minimum Gasteiger partial charge on any atom is -0.520 e. The van der Waals surface area contributed by atoms with Gasteiger partial charge in [-0.15, -0.1) is 0 Å². The number of unbranched alkanes of at least 4 members (excludes halogenated alkanes) is 1. The molecule has 0 amide bonds. The van der Waals surface area contributed by atoms with Crippen LogP contribution in [0.5, 0.6) is 5.75 Å². The zero-order chi connectivity index (χ0) is 14.3. The van der Waals surface area contributed by atoms with Crippen molar-refractivity contribution in [3.8, 4) is 5.75 Å². The van der Waals surface area contributed by atoms with Gasteiger partial charge in [-0.2, -0.15) is 0 Å². The molecule has 0 saturated heterocycles. The lowest BCUT2D eigenvalue weighted by atomic mass is 10.1. The first kappa shape index (κ1) is 15.8. The van der Waals surface area contributed by atoms with E-state index in [1.54, 1.807) is 7.11 Å². The summed E-state index contributed by atoms with van der Waals surface area (Å²) in [6.07, 6.45) is 3.28. The molecule has 0 atom stereocenters. The Morgan fingerprint density at radius 1 is 1.16 bits per heavy atom. The topological polar surface area (TPSA) is 35.5 Å². The van der Waals surface area contributed by atoms with Crippen LogP contribution in [0.25, 0.3) is 0 Å². The summed E-state index contributed by atoms with van der Waals surface area (Å²) in [5, 5.41) is 0. The van der Waals surface area contributed by atoms with E-state index in [9.17, 15) is 4.79 Å². The molecule has 0 N–H and O–H groups in total.